The number of ketones is 2. The van der Waals surface area contributed by atoms with Gasteiger partial charge in [0, 0.05) is 18.9 Å². The maximum atomic E-state index is 14.2. The van der Waals surface area contributed by atoms with Crippen LogP contribution in [0.15, 0.2) is 53.0 Å². The van der Waals surface area contributed by atoms with Crippen LogP contribution in [0.5, 0.6) is 5.75 Å². The number of rotatable bonds is 9. The van der Waals surface area contributed by atoms with E-state index < -0.39 is 63.2 Å². The summed E-state index contributed by atoms with van der Waals surface area (Å²) in [6, 6.07) is 8.39. The number of allylic oxidation sites excluding steroid dienone is 1. The van der Waals surface area contributed by atoms with Crippen molar-refractivity contribution in [3.05, 3.63) is 75.3 Å². The first kappa shape index (κ1) is 33.8. The zero-order valence-corrected chi connectivity index (χ0v) is 26.8. The fourth-order valence-electron chi connectivity index (χ4n) is 7.34. The lowest BCUT2D eigenvalue weighted by molar-refractivity contribution is -0.147. The Hall–Kier alpha value is -4.52. The molecule has 0 fully saturated rings. The van der Waals surface area contributed by atoms with Crippen molar-refractivity contribution >= 4 is 23.4 Å². The fourth-order valence-corrected chi connectivity index (χ4v) is 7.34. The first-order valence-electron chi connectivity index (χ1n) is 15.7. The van der Waals surface area contributed by atoms with E-state index in [9.17, 15) is 39.6 Å². The Balaban J connectivity index is 1.60. The summed E-state index contributed by atoms with van der Waals surface area (Å²) in [6.07, 6.45) is -0.0210. The second-order valence-electron chi connectivity index (χ2n) is 13.0. The molecule has 12 heteroatoms. The van der Waals surface area contributed by atoms with Gasteiger partial charge in [-0.2, -0.15) is 0 Å². The molecule has 12 nitrogen and oxygen atoms in total. The summed E-state index contributed by atoms with van der Waals surface area (Å²) in [5.41, 5.74) is 10.1. The van der Waals surface area contributed by atoms with E-state index in [-0.39, 0.29) is 49.1 Å². The molecule has 0 aliphatic heterocycles. The maximum absolute atomic E-state index is 14.2. The lowest BCUT2D eigenvalue weighted by Crippen LogP contribution is -2.64. The van der Waals surface area contributed by atoms with Crippen LogP contribution in [-0.2, 0) is 38.5 Å². The third kappa shape index (κ3) is 5.39. The number of ether oxygens (including phenoxy) is 1. The van der Waals surface area contributed by atoms with E-state index in [2.05, 4.69) is 5.32 Å². The number of aromatic hydroxyl groups is 1. The van der Waals surface area contributed by atoms with Gasteiger partial charge in [-0.3, -0.25) is 19.2 Å². The number of nitrogens with two attached hydrogens (primary N) is 2. The second kappa shape index (κ2) is 12.3. The van der Waals surface area contributed by atoms with Crippen LogP contribution < -0.4 is 16.8 Å². The number of esters is 1. The van der Waals surface area contributed by atoms with Crippen LogP contribution in [-0.4, -0.2) is 67.7 Å². The first-order valence-corrected chi connectivity index (χ1v) is 15.7. The highest BCUT2D eigenvalue weighted by atomic mass is 16.5. The first-order chi connectivity index (χ1) is 22.1. The molecule has 1 unspecified atom stereocenters. The van der Waals surface area contributed by atoms with Gasteiger partial charge in [-0.15, -0.1) is 0 Å². The monoisotopic (exact) mass is 647 g/mol. The van der Waals surface area contributed by atoms with Crippen molar-refractivity contribution in [1.29, 1.82) is 0 Å². The molecule has 9 N–H and O–H groups in total. The number of carbonyl (C=O) groups excluding carboxylic acids is 4. The highest BCUT2D eigenvalue weighted by Gasteiger charge is 2.63. The number of hydrogen-bond acceptors (Lipinski definition) is 11. The molecule has 0 saturated carbocycles. The maximum Gasteiger partial charge on any atom is 0.323 e. The van der Waals surface area contributed by atoms with Gasteiger partial charge in [0.05, 0.1) is 23.3 Å². The molecule has 2 aromatic carbocycles. The number of phenolic OH excluding ortho intramolecular Hbond substituents is 1. The Morgan fingerprint density at radius 2 is 1.79 bits per heavy atom. The molecule has 0 bridgehead atoms. The van der Waals surface area contributed by atoms with Crippen LogP contribution in [0.25, 0.3) is 11.1 Å². The number of aryl methyl sites for hydroxylation is 1. The minimum Gasteiger partial charge on any atom is -0.511 e. The Bertz CT molecular complexity index is 1760. The minimum absolute atomic E-state index is 0.0228. The third-order valence-electron chi connectivity index (χ3n) is 9.66. The molecule has 5 rings (SSSR count). The molecule has 0 aromatic heterocycles. The van der Waals surface area contributed by atoms with Gasteiger partial charge in [0.15, 0.2) is 11.4 Å². The van der Waals surface area contributed by atoms with Crippen molar-refractivity contribution in [3.8, 4) is 16.9 Å². The highest BCUT2D eigenvalue weighted by molar-refractivity contribution is 6.24. The molecular formula is C35H41N3O9. The fraction of sp³-hybridized carbons (Fsp3) is 0.429. The number of aliphatic hydroxyl groups is 3. The molecule has 0 spiro atoms. The lowest BCUT2D eigenvalue weighted by Gasteiger charge is -2.50. The van der Waals surface area contributed by atoms with Crippen molar-refractivity contribution in [2.75, 3.05) is 6.61 Å². The number of benzene rings is 2. The molecule has 3 aliphatic rings. The van der Waals surface area contributed by atoms with E-state index in [0.717, 1.165) is 16.7 Å². The minimum atomic E-state index is -2.72. The van der Waals surface area contributed by atoms with Gasteiger partial charge in [0.1, 0.15) is 28.9 Å². The molecule has 3 aliphatic carbocycles. The van der Waals surface area contributed by atoms with Crippen LogP contribution in [0.3, 0.4) is 0 Å². The average Bonchev–Trinajstić information content (AvgIpc) is 2.98. The predicted molar refractivity (Wildman–Crippen MR) is 171 cm³/mol. The van der Waals surface area contributed by atoms with Gasteiger partial charge in [-0.1, -0.05) is 39.0 Å². The molecule has 0 radical (unpaired) electrons. The molecule has 2 aromatic rings. The van der Waals surface area contributed by atoms with E-state index in [1.54, 1.807) is 13.0 Å². The largest absolute Gasteiger partial charge is 0.511 e. The predicted octanol–water partition coefficient (Wildman–Crippen LogP) is 2.57. The van der Waals surface area contributed by atoms with E-state index >= 15 is 0 Å². The number of carbonyl (C=O) groups is 4. The Labute approximate surface area is 272 Å². The van der Waals surface area contributed by atoms with Crippen LogP contribution >= 0.6 is 0 Å². The smallest absolute Gasteiger partial charge is 0.323 e. The van der Waals surface area contributed by atoms with Crippen molar-refractivity contribution in [3.63, 3.8) is 0 Å². The van der Waals surface area contributed by atoms with Crippen LogP contribution in [0, 0.1) is 11.8 Å². The molecular weight excluding hydrogens is 606 g/mol. The lowest BCUT2D eigenvalue weighted by atomic mass is 9.57. The van der Waals surface area contributed by atoms with Crippen molar-refractivity contribution < 1.29 is 44.3 Å². The number of hydrogen-bond donors (Lipinski definition) is 7. The van der Waals surface area contributed by atoms with Crippen molar-refractivity contribution in [1.82, 2.24) is 5.32 Å². The van der Waals surface area contributed by atoms with Gasteiger partial charge in [-0.25, -0.2) is 0 Å². The molecule has 250 valence electrons. The zero-order valence-electron chi connectivity index (χ0n) is 26.8. The quantitative estimate of drug-likeness (QED) is 0.155. The van der Waals surface area contributed by atoms with Crippen molar-refractivity contribution in [2.45, 2.75) is 77.1 Å². The molecule has 1 amide bonds. The molecule has 0 heterocycles. The Kier molecular flexibility index (Phi) is 8.82. The number of fused-ring (bicyclic) bond motifs is 3. The Morgan fingerprint density at radius 3 is 2.40 bits per heavy atom. The highest BCUT2D eigenvalue weighted by Crippen LogP contribution is 2.53. The summed E-state index contributed by atoms with van der Waals surface area (Å²) < 4.78 is 5.23. The topological polar surface area (TPSA) is 222 Å². The summed E-state index contributed by atoms with van der Waals surface area (Å²) >= 11 is 0. The third-order valence-corrected chi connectivity index (χ3v) is 9.66. The van der Waals surface area contributed by atoms with E-state index in [1.165, 1.54) is 6.07 Å². The molecule has 0 saturated heterocycles. The van der Waals surface area contributed by atoms with Gasteiger partial charge in [0.25, 0.3) is 5.91 Å². The van der Waals surface area contributed by atoms with Gasteiger partial charge < -0.3 is 41.9 Å². The zero-order chi connectivity index (χ0) is 34.6. The van der Waals surface area contributed by atoms with Gasteiger partial charge in [-0.05, 0) is 72.1 Å². The summed E-state index contributed by atoms with van der Waals surface area (Å²) in [6.45, 7) is 8.19. The number of nitrogens with one attached hydrogen (secondary N) is 1. The summed E-state index contributed by atoms with van der Waals surface area (Å²) in [7, 11) is 0. The van der Waals surface area contributed by atoms with E-state index in [1.807, 2.05) is 39.0 Å². The molecule has 47 heavy (non-hydrogen) atoms. The average molecular weight is 648 g/mol. The summed E-state index contributed by atoms with van der Waals surface area (Å²) in [5, 5.41) is 47.7. The van der Waals surface area contributed by atoms with Crippen LogP contribution in [0.1, 0.15) is 67.6 Å². The molecule has 4 atom stereocenters. The van der Waals surface area contributed by atoms with Crippen LogP contribution in [0.4, 0.5) is 0 Å². The standard InChI is InChI=1S/C35H41N3O9/c1-5-18-8-7-17(15-38-28(16(3)4)33(45)47-6-2)11-21(18)20-9-10-23(39)25-22(20)14-34(37)13-19-12-24(40)26(32(36)44)30(42)35(19,46)31(43)27(34)29(25)41/h7-11,16,19,28,38-40,43,46H,5-6,12-15,37H2,1-4H3,(H2,36,44)/t19-,28?,34+,35-/m1/s1. The summed E-state index contributed by atoms with van der Waals surface area (Å²) in [5.74, 6) is -7.02. The number of primary amides is 1. The SMILES string of the molecule is CCOC(=O)C(NCc1ccc(CC)c(-c2ccc(O)c3c2C[C@@]2(N)C[C@H]4CC(O)=C(C(N)=O)C(=O)[C@@]4(O)C(O)=C2C3=O)c1)C(C)C. The normalized spacial score (nSPS) is 24.5. The number of Topliss-reactive ketones (excluding diaryl/α,β-unsaturated/α-hetero) is 2. The van der Waals surface area contributed by atoms with Gasteiger partial charge >= 0.3 is 5.97 Å². The number of amides is 1. The number of phenols is 1. The summed E-state index contributed by atoms with van der Waals surface area (Å²) in [4.78, 5) is 51.9. The number of aliphatic hydroxyl groups excluding tert-OH is 2. The van der Waals surface area contributed by atoms with E-state index in [0.29, 0.717) is 24.1 Å². The second-order valence-corrected chi connectivity index (χ2v) is 13.0. The van der Waals surface area contributed by atoms with Crippen molar-refractivity contribution in [2.24, 2.45) is 23.3 Å². The van der Waals surface area contributed by atoms with Crippen LogP contribution in [0.2, 0.25) is 0 Å². The van der Waals surface area contributed by atoms with E-state index in [4.69, 9.17) is 16.2 Å². The Morgan fingerprint density at radius 1 is 1.09 bits per heavy atom. The van der Waals surface area contributed by atoms with Gasteiger partial charge in [0.2, 0.25) is 5.78 Å².